The molecule has 2 N–H and O–H groups in total. The molecule has 8 heteroatoms. The van der Waals surface area contributed by atoms with E-state index in [4.69, 9.17) is 0 Å². The highest BCUT2D eigenvalue weighted by Crippen LogP contribution is 2.30. The standard InChI is InChI=1S/C16H20F4N2O2/c1-10-6-7-22(9-14(10)23)15(24)21-13(8-16(18,19)20)11-2-4-12(17)5-3-11/h2-5,10,13-14,23H,6-9H2,1H3,(H,21,24). The maximum absolute atomic E-state index is 13.0. The summed E-state index contributed by atoms with van der Waals surface area (Å²) < 4.78 is 51.4. The Hall–Kier alpha value is -1.83. The number of halogens is 4. The minimum atomic E-state index is -4.48. The van der Waals surface area contributed by atoms with Gasteiger partial charge in [-0.3, -0.25) is 0 Å². The average Bonchev–Trinajstić information content (AvgIpc) is 2.48. The van der Waals surface area contributed by atoms with E-state index in [9.17, 15) is 27.5 Å². The highest BCUT2D eigenvalue weighted by Gasteiger charge is 2.35. The van der Waals surface area contributed by atoms with Crippen molar-refractivity contribution < 1.29 is 27.5 Å². The molecule has 0 saturated carbocycles. The number of carbonyl (C=O) groups excluding carboxylic acids is 1. The first-order chi connectivity index (χ1) is 11.2. The number of β-amino-alcohol motifs (C(OH)–C–C–N with tert-alkyl or cyclic N) is 1. The van der Waals surface area contributed by atoms with Crippen molar-refractivity contribution in [1.29, 1.82) is 0 Å². The van der Waals surface area contributed by atoms with Crippen molar-refractivity contribution in [2.75, 3.05) is 13.1 Å². The van der Waals surface area contributed by atoms with Crippen LogP contribution in [-0.4, -0.2) is 41.4 Å². The number of likely N-dealkylation sites (tertiary alicyclic amines) is 1. The summed E-state index contributed by atoms with van der Waals surface area (Å²) in [6, 6.07) is 2.57. The molecule has 1 fully saturated rings. The number of aliphatic hydroxyl groups excluding tert-OH is 1. The predicted octanol–water partition coefficient (Wildman–Crippen LogP) is 3.23. The van der Waals surface area contributed by atoms with Crippen LogP contribution < -0.4 is 5.32 Å². The van der Waals surface area contributed by atoms with Gasteiger partial charge in [-0.2, -0.15) is 13.2 Å². The molecule has 1 aliphatic rings. The number of alkyl halides is 3. The summed E-state index contributed by atoms with van der Waals surface area (Å²) in [5, 5.41) is 12.2. The van der Waals surface area contributed by atoms with Crippen LogP contribution in [0, 0.1) is 11.7 Å². The summed E-state index contributed by atoms with van der Waals surface area (Å²) in [6.45, 7) is 2.30. The lowest BCUT2D eigenvalue weighted by molar-refractivity contribution is -0.139. The summed E-state index contributed by atoms with van der Waals surface area (Å²) in [7, 11) is 0. The molecule has 134 valence electrons. The molecule has 1 heterocycles. The highest BCUT2D eigenvalue weighted by atomic mass is 19.4. The Balaban J connectivity index is 2.10. The van der Waals surface area contributed by atoms with Crippen molar-refractivity contribution >= 4 is 6.03 Å². The molecule has 1 saturated heterocycles. The SMILES string of the molecule is CC1CCN(C(=O)NC(CC(F)(F)F)c2ccc(F)cc2)CC1O. The molecule has 2 amide bonds. The number of nitrogens with zero attached hydrogens (tertiary/aromatic N) is 1. The zero-order valence-corrected chi connectivity index (χ0v) is 13.2. The Kier molecular flexibility index (Phi) is 5.69. The van der Waals surface area contributed by atoms with E-state index < -0.39 is 36.6 Å². The first-order valence-electron chi connectivity index (χ1n) is 7.71. The molecule has 24 heavy (non-hydrogen) atoms. The van der Waals surface area contributed by atoms with Crippen LogP contribution in [0.25, 0.3) is 0 Å². The largest absolute Gasteiger partial charge is 0.391 e. The number of hydrogen-bond acceptors (Lipinski definition) is 2. The number of carbonyl (C=O) groups is 1. The lowest BCUT2D eigenvalue weighted by Gasteiger charge is -2.35. The first kappa shape index (κ1) is 18.5. The maximum Gasteiger partial charge on any atom is 0.391 e. The number of rotatable bonds is 3. The summed E-state index contributed by atoms with van der Waals surface area (Å²) in [4.78, 5) is 13.6. The highest BCUT2D eigenvalue weighted by molar-refractivity contribution is 5.75. The zero-order valence-electron chi connectivity index (χ0n) is 13.2. The predicted molar refractivity (Wildman–Crippen MR) is 79.7 cm³/mol. The van der Waals surface area contributed by atoms with Crippen molar-refractivity contribution in [3.63, 3.8) is 0 Å². The Morgan fingerprint density at radius 2 is 2.00 bits per heavy atom. The third-order valence-corrected chi connectivity index (χ3v) is 4.21. The molecule has 4 nitrogen and oxygen atoms in total. The summed E-state index contributed by atoms with van der Waals surface area (Å²) >= 11 is 0. The minimum absolute atomic E-state index is 0.0390. The van der Waals surface area contributed by atoms with Crippen LogP contribution in [0.1, 0.15) is 31.4 Å². The second-order valence-electron chi connectivity index (χ2n) is 6.15. The van der Waals surface area contributed by atoms with Crippen molar-refractivity contribution in [2.45, 2.75) is 38.1 Å². The van der Waals surface area contributed by atoms with Gasteiger partial charge in [-0.25, -0.2) is 9.18 Å². The van der Waals surface area contributed by atoms with Crippen LogP contribution >= 0.6 is 0 Å². The second-order valence-corrected chi connectivity index (χ2v) is 6.15. The lowest BCUT2D eigenvalue weighted by atomic mass is 9.96. The van der Waals surface area contributed by atoms with Crippen LogP contribution in [0.2, 0.25) is 0 Å². The van der Waals surface area contributed by atoms with E-state index in [0.717, 1.165) is 12.1 Å². The molecule has 0 spiro atoms. The van der Waals surface area contributed by atoms with Gasteiger partial charge in [0.2, 0.25) is 0 Å². The van der Waals surface area contributed by atoms with E-state index >= 15 is 0 Å². The molecule has 2 rings (SSSR count). The topological polar surface area (TPSA) is 52.6 Å². The number of nitrogens with one attached hydrogen (secondary N) is 1. The first-order valence-corrected chi connectivity index (χ1v) is 7.71. The molecule has 0 radical (unpaired) electrons. The van der Waals surface area contributed by atoms with Crippen LogP contribution in [-0.2, 0) is 0 Å². The molecule has 1 aromatic carbocycles. The number of piperidine rings is 1. The van der Waals surface area contributed by atoms with Gasteiger partial charge in [0.1, 0.15) is 5.82 Å². The lowest BCUT2D eigenvalue weighted by Crippen LogP contribution is -2.50. The van der Waals surface area contributed by atoms with E-state index in [2.05, 4.69) is 5.32 Å². The Labute approximate surface area is 137 Å². The van der Waals surface area contributed by atoms with Gasteiger partial charge in [0.25, 0.3) is 0 Å². The molecule has 1 aliphatic heterocycles. The molecule has 0 aliphatic carbocycles. The number of aliphatic hydroxyl groups is 1. The van der Waals surface area contributed by atoms with Gasteiger partial charge in [0.15, 0.2) is 0 Å². The number of amides is 2. The monoisotopic (exact) mass is 348 g/mol. The third kappa shape index (κ3) is 5.09. The fourth-order valence-corrected chi connectivity index (χ4v) is 2.65. The zero-order chi connectivity index (χ0) is 17.9. The van der Waals surface area contributed by atoms with Crippen molar-refractivity contribution in [3.8, 4) is 0 Å². The number of benzene rings is 1. The van der Waals surface area contributed by atoms with E-state index in [-0.39, 0.29) is 18.0 Å². The molecule has 3 unspecified atom stereocenters. The molecule has 1 aromatic rings. The van der Waals surface area contributed by atoms with Crippen LogP contribution in [0.15, 0.2) is 24.3 Å². The fourth-order valence-electron chi connectivity index (χ4n) is 2.65. The summed E-state index contributed by atoms with van der Waals surface area (Å²) in [6.07, 6.45) is -5.86. The molecule has 3 atom stereocenters. The third-order valence-electron chi connectivity index (χ3n) is 4.21. The van der Waals surface area contributed by atoms with Crippen molar-refractivity contribution in [3.05, 3.63) is 35.6 Å². The van der Waals surface area contributed by atoms with Crippen molar-refractivity contribution in [1.82, 2.24) is 10.2 Å². The summed E-state index contributed by atoms with van der Waals surface area (Å²) in [5.41, 5.74) is 0.174. The van der Waals surface area contributed by atoms with E-state index in [1.54, 1.807) is 0 Å². The Bertz CT molecular complexity index is 562. The minimum Gasteiger partial charge on any atom is -0.391 e. The van der Waals surface area contributed by atoms with Gasteiger partial charge in [-0.15, -0.1) is 0 Å². The smallest absolute Gasteiger partial charge is 0.391 e. The van der Waals surface area contributed by atoms with Gasteiger partial charge >= 0.3 is 12.2 Å². The van der Waals surface area contributed by atoms with Crippen molar-refractivity contribution in [2.24, 2.45) is 5.92 Å². The molecular weight excluding hydrogens is 328 g/mol. The molecule has 0 bridgehead atoms. The van der Waals surface area contributed by atoms with Crippen LogP contribution in [0.3, 0.4) is 0 Å². The second kappa shape index (κ2) is 7.38. The number of urea groups is 1. The number of hydrogen-bond donors (Lipinski definition) is 2. The van der Waals surface area contributed by atoms with Gasteiger partial charge in [-0.05, 0) is 30.0 Å². The Morgan fingerprint density at radius 1 is 1.38 bits per heavy atom. The summed E-state index contributed by atoms with van der Waals surface area (Å²) in [5.74, 6) is -0.527. The quantitative estimate of drug-likeness (QED) is 0.824. The van der Waals surface area contributed by atoms with Gasteiger partial charge in [0.05, 0.1) is 18.6 Å². The van der Waals surface area contributed by atoms with E-state index in [1.807, 2.05) is 6.92 Å². The maximum atomic E-state index is 13.0. The molecular formula is C16H20F4N2O2. The fraction of sp³-hybridized carbons (Fsp3) is 0.562. The van der Waals surface area contributed by atoms with Gasteiger partial charge in [-0.1, -0.05) is 19.1 Å². The van der Waals surface area contributed by atoms with Gasteiger partial charge in [0, 0.05) is 13.1 Å². The van der Waals surface area contributed by atoms with E-state index in [1.165, 1.54) is 17.0 Å². The normalized spacial score (nSPS) is 23.0. The van der Waals surface area contributed by atoms with Gasteiger partial charge < -0.3 is 15.3 Å². The Morgan fingerprint density at radius 3 is 2.54 bits per heavy atom. The van der Waals surface area contributed by atoms with E-state index in [0.29, 0.717) is 13.0 Å². The average molecular weight is 348 g/mol. The van der Waals surface area contributed by atoms with Crippen LogP contribution in [0.4, 0.5) is 22.4 Å². The molecule has 0 aromatic heterocycles. The van der Waals surface area contributed by atoms with Crippen LogP contribution in [0.5, 0.6) is 0 Å².